The Bertz CT molecular complexity index is 359. The minimum Gasteiger partial charge on any atom is -0.390 e. The molecule has 0 spiro atoms. The molecule has 1 aliphatic rings. The summed E-state index contributed by atoms with van der Waals surface area (Å²) < 4.78 is 1.92. The highest BCUT2D eigenvalue weighted by Gasteiger charge is 2.27. The molecule has 0 saturated heterocycles. The Morgan fingerprint density at radius 3 is 3.00 bits per heavy atom. The molecule has 2 unspecified atom stereocenters. The summed E-state index contributed by atoms with van der Waals surface area (Å²) in [5.74, 6) is 0. The molecule has 0 N–H and O–H groups in total. The van der Waals surface area contributed by atoms with Crippen LogP contribution in [0.1, 0.15) is 19.0 Å². The first-order chi connectivity index (χ1) is 6.68. The van der Waals surface area contributed by atoms with Gasteiger partial charge in [0.05, 0.1) is 23.6 Å². The van der Waals surface area contributed by atoms with E-state index in [0.717, 1.165) is 17.8 Å². The summed E-state index contributed by atoms with van der Waals surface area (Å²) in [5.41, 5.74) is 1.91. The molecule has 1 aromatic heterocycles. The largest absolute Gasteiger partial charge is 0.390 e. The zero-order chi connectivity index (χ0) is 10.1. The van der Waals surface area contributed by atoms with Crippen molar-refractivity contribution in [2.75, 3.05) is 0 Å². The highest BCUT2D eigenvalue weighted by molar-refractivity contribution is 6.21. The molecule has 0 aliphatic carbocycles. The van der Waals surface area contributed by atoms with Gasteiger partial charge in [-0.05, 0) is 6.92 Å². The maximum atomic E-state index is 5.93. The fourth-order valence-corrected chi connectivity index (χ4v) is 1.56. The lowest BCUT2D eigenvalue weighted by Gasteiger charge is -2.08. The average molecular weight is 214 g/mol. The molecule has 0 amide bonds. The van der Waals surface area contributed by atoms with Gasteiger partial charge in [-0.2, -0.15) is 0 Å². The fourth-order valence-electron chi connectivity index (χ4n) is 1.43. The summed E-state index contributed by atoms with van der Waals surface area (Å²) in [6, 6.07) is 0. The average Bonchev–Trinajstić information content (AvgIpc) is 2.71. The van der Waals surface area contributed by atoms with Crippen LogP contribution in [0.25, 0.3) is 0 Å². The zero-order valence-corrected chi connectivity index (χ0v) is 8.90. The molecule has 0 radical (unpaired) electrons. The van der Waals surface area contributed by atoms with Gasteiger partial charge in [-0.15, -0.1) is 11.6 Å². The van der Waals surface area contributed by atoms with Crippen LogP contribution in [0.2, 0.25) is 0 Å². The van der Waals surface area contributed by atoms with Crippen LogP contribution < -0.4 is 0 Å². The number of alkyl halides is 1. The van der Waals surface area contributed by atoms with Crippen LogP contribution in [-0.4, -0.2) is 26.7 Å². The van der Waals surface area contributed by atoms with E-state index in [0.29, 0.717) is 0 Å². The highest BCUT2D eigenvalue weighted by Crippen LogP contribution is 2.20. The van der Waals surface area contributed by atoms with Gasteiger partial charge < -0.3 is 9.40 Å². The lowest BCUT2D eigenvalue weighted by Crippen LogP contribution is -2.18. The predicted molar refractivity (Wildman–Crippen MR) is 54.6 cm³/mol. The highest BCUT2D eigenvalue weighted by atomic mass is 35.5. The summed E-state index contributed by atoms with van der Waals surface area (Å²) >= 11 is 5.93. The first-order valence-electron chi connectivity index (χ1n) is 4.52. The molecule has 0 fully saturated rings. The molecule has 4 nitrogen and oxygen atoms in total. The first kappa shape index (κ1) is 9.52. The van der Waals surface area contributed by atoms with Crippen LogP contribution in [0.4, 0.5) is 0 Å². The molecule has 1 aromatic rings. The normalized spacial score (nSPS) is 23.1. The summed E-state index contributed by atoms with van der Waals surface area (Å²) in [6.45, 7) is 1.91. The number of aryl methyl sites for hydroxylation is 1. The maximum Gasteiger partial charge on any atom is 0.149 e. The Morgan fingerprint density at radius 1 is 1.71 bits per heavy atom. The quantitative estimate of drug-likeness (QED) is 0.700. The third kappa shape index (κ3) is 1.62. The second kappa shape index (κ2) is 3.61. The Balaban J connectivity index is 2.13. The lowest BCUT2D eigenvalue weighted by atomic mass is 10.1. The molecular weight excluding hydrogens is 202 g/mol. The monoisotopic (exact) mass is 213 g/mol. The lowest BCUT2D eigenvalue weighted by molar-refractivity contribution is 0.0855. The van der Waals surface area contributed by atoms with Crippen LogP contribution in [0.15, 0.2) is 17.7 Å². The van der Waals surface area contributed by atoms with E-state index in [9.17, 15) is 0 Å². The minimum atomic E-state index is -0.0236. The van der Waals surface area contributed by atoms with Crippen molar-refractivity contribution in [2.45, 2.75) is 24.8 Å². The molecule has 0 aromatic carbocycles. The summed E-state index contributed by atoms with van der Waals surface area (Å²) in [7, 11) is 1.93. The smallest absolute Gasteiger partial charge is 0.149 e. The van der Waals surface area contributed by atoms with Crippen molar-refractivity contribution in [1.82, 2.24) is 9.55 Å². The summed E-state index contributed by atoms with van der Waals surface area (Å²) in [5, 5.41) is 3.99. The van der Waals surface area contributed by atoms with Crippen LogP contribution in [-0.2, 0) is 11.9 Å². The van der Waals surface area contributed by atoms with Gasteiger partial charge in [0.15, 0.2) is 0 Å². The van der Waals surface area contributed by atoms with Crippen molar-refractivity contribution in [3.63, 3.8) is 0 Å². The molecule has 5 heteroatoms. The van der Waals surface area contributed by atoms with Crippen LogP contribution in [0.5, 0.6) is 0 Å². The van der Waals surface area contributed by atoms with Crippen molar-refractivity contribution in [3.8, 4) is 0 Å². The van der Waals surface area contributed by atoms with Crippen LogP contribution >= 0.6 is 11.6 Å². The minimum absolute atomic E-state index is 0.0124. The van der Waals surface area contributed by atoms with Gasteiger partial charge in [-0.25, -0.2) is 4.98 Å². The van der Waals surface area contributed by atoms with E-state index in [1.165, 1.54) is 0 Å². The Kier molecular flexibility index (Phi) is 2.46. The molecular formula is C9H12ClN3O. The van der Waals surface area contributed by atoms with E-state index >= 15 is 0 Å². The van der Waals surface area contributed by atoms with Gasteiger partial charge in [0, 0.05) is 13.5 Å². The standard InChI is InChI=1S/C9H12ClN3O/c1-6(10)9-3-7(12-14-9)8-4-11-5-13(8)2/h4-6,9H,3H2,1-2H3. The third-order valence-electron chi connectivity index (χ3n) is 2.32. The first-order valence-corrected chi connectivity index (χ1v) is 4.95. The van der Waals surface area contributed by atoms with Gasteiger partial charge in [-0.1, -0.05) is 5.16 Å². The number of halogens is 1. The Hall–Kier alpha value is -1.03. The van der Waals surface area contributed by atoms with Crippen molar-refractivity contribution in [2.24, 2.45) is 12.2 Å². The molecule has 76 valence electrons. The molecule has 14 heavy (non-hydrogen) atoms. The van der Waals surface area contributed by atoms with E-state index in [-0.39, 0.29) is 11.5 Å². The third-order valence-corrected chi connectivity index (χ3v) is 2.60. The van der Waals surface area contributed by atoms with E-state index in [4.69, 9.17) is 16.4 Å². The second-order valence-corrected chi connectivity index (χ2v) is 4.14. The van der Waals surface area contributed by atoms with E-state index in [1.807, 2.05) is 18.5 Å². The van der Waals surface area contributed by atoms with Gasteiger partial charge in [0.25, 0.3) is 0 Å². The molecule has 0 saturated carbocycles. The van der Waals surface area contributed by atoms with Gasteiger partial charge in [0.2, 0.25) is 0 Å². The van der Waals surface area contributed by atoms with E-state index in [2.05, 4.69) is 10.1 Å². The second-order valence-electron chi connectivity index (χ2n) is 3.45. The van der Waals surface area contributed by atoms with E-state index < -0.39 is 0 Å². The van der Waals surface area contributed by atoms with E-state index in [1.54, 1.807) is 12.5 Å². The van der Waals surface area contributed by atoms with Gasteiger partial charge in [-0.3, -0.25) is 0 Å². The number of rotatable bonds is 2. The van der Waals surface area contributed by atoms with Crippen molar-refractivity contribution in [3.05, 3.63) is 18.2 Å². The molecule has 0 bridgehead atoms. The predicted octanol–water partition coefficient (Wildman–Crippen LogP) is 1.54. The van der Waals surface area contributed by atoms with Crippen molar-refractivity contribution < 1.29 is 4.84 Å². The number of aromatic nitrogens is 2. The number of nitrogens with zero attached hydrogens (tertiary/aromatic N) is 3. The topological polar surface area (TPSA) is 39.4 Å². The van der Waals surface area contributed by atoms with Crippen LogP contribution in [0, 0.1) is 0 Å². The fraction of sp³-hybridized carbons (Fsp3) is 0.556. The van der Waals surface area contributed by atoms with Crippen molar-refractivity contribution in [1.29, 1.82) is 0 Å². The summed E-state index contributed by atoms with van der Waals surface area (Å²) in [4.78, 5) is 9.25. The Morgan fingerprint density at radius 2 is 2.50 bits per heavy atom. The van der Waals surface area contributed by atoms with Crippen molar-refractivity contribution >= 4 is 17.3 Å². The molecule has 2 rings (SSSR count). The van der Waals surface area contributed by atoms with Gasteiger partial charge in [0.1, 0.15) is 11.8 Å². The summed E-state index contributed by atoms with van der Waals surface area (Å²) in [6.07, 6.45) is 4.27. The van der Waals surface area contributed by atoms with Gasteiger partial charge >= 0.3 is 0 Å². The Labute approximate surface area is 87.5 Å². The maximum absolute atomic E-state index is 5.93. The molecule has 1 aliphatic heterocycles. The van der Waals surface area contributed by atoms with Crippen LogP contribution in [0.3, 0.4) is 0 Å². The SMILES string of the molecule is CC(Cl)C1CC(c2cncn2C)=NO1. The zero-order valence-electron chi connectivity index (χ0n) is 8.14. The number of hydrogen-bond acceptors (Lipinski definition) is 3. The molecule has 2 atom stereocenters. The number of hydrogen-bond donors (Lipinski definition) is 0. The number of imidazole rings is 1. The number of oxime groups is 1. The molecule has 2 heterocycles.